The number of carbonyl (C=O) groups excluding carboxylic acids is 2. The van der Waals surface area contributed by atoms with Crippen LogP contribution >= 0.6 is 0 Å². The average Bonchev–Trinajstić information content (AvgIpc) is 3.55. The van der Waals surface area contributed by atoms with Gasteiger partial charge in [-0.15, -0.1) is 0 Å². The van der Waals surface area contributed by atoms with Gasteiger partial charge in [-0.3, -0.25) is 9.59 Å². The molecule has 12 heteroatoms. The maximum absolute atomic E-state index is 14.7. The molecule has 0 radical (unpaired) electrons. The summed E-state index contributed by atoms with van der Waals surface area (Å²) in [5.74, 6) is -0.244. The van der Waals surface area contributed by atoms with E-state index in [0.717, 1.165) is 64.7 Å². The minimum Gasteiger partial charge on any atom is -0.496 e. The van der Waals surface area contributed by atoms with E-state index < -0.39 is 38.7 Å². The van der Waals surface area contributed by atoms with E-state index in [4.69, 9.17) is 4.74 Å². The highest BCUT2D eigenvalue weighted by atomic mass is 32.2. The number of ether oxygens (including phenoxy) is 1. The molecule has 1 aromatic carbocycles. The van der Waals surface area contributed by atoms with Crippen molar-refractivity contribution in [2.45, 2.75) is 107 Å². The van der Waals surface area contributed by atoms with Crippen LogP contribution in [0.5, 0.6) is 5.75 Å². The fraction of sp³-hybridized carbons (Fsp3) is 0.564. The molecule has 1 saturated carbocycles. The first-order valence-corrected chi connectivity index (χ1v) is 20.2. The van der Waals surface area contributed by atoms with Gasteiger partial charge in [0.1, 0.15) is 5.75 Å². The van der Waals surface area contributed by atoms with Crippen LogP contribution in [0.1, 0.15) is 101 Å². The summed E-state index contributed by atoms with van der Waals surface area (Å²) in [6, 6.07) is 6.43. The van der Waals surface area contributed by atoms with Crippen LogP contribution in [0.15, 0.2) is 52.6 Å². The number of allylic oxidation sites excluding steroid dienone is 4. The molecule has 51 heavy (non-hydrogen) atoms. The minimum atomic E-state index is -3.85. The number of likely N-dealkylation sites (tertiary alicyclic amines) is 2. The summed E-state index contributed by atoms with van der Waals surface area (Å²) in [4.78, 5) is 44.0. The number of rotatable bonds is 6. The molecule has 2 saturated heterocycles. The van der Waals surface area contributed by atoms with Crippen molar-refractivity contribution in [1.82, 2.24) is 19.1 Å². The number of hydrogen-bond acceptors (Lipinski definition) is 6. The Kier molecular flexibility index (Phi) is 8.39. The van der Waals surface area contributed by atoms with Gasteiger partial charge in [-0.2, -0.15) is 0 Å². The minimum absolute atomic E-state index is 0.0333. The zero-order chi connectivity index (χ0) is 35.8. The number of nitrogens with zero attached hydrogens (tertiary/aromatic N) is 3. The zero-order valence-corrected chi connectivity index (χ0v) is 30.6. The smallest absolute Gasteiger partial charge is 0.407 e. The zero-order valence-electron chi connectivity index (χ0n) is 29.7. The van der Waals surface area contributed by atoms with Crippen LogP contribution < -0.4 is 9.46 Å². The lowest BCUT2D eigenvalue weighted by Gasteiger charge is -2.45. The molecule has 2 N–H and O–H groups in total. The van der Waals surface area contributed by atoms with Crippen molar-refractivity contribution < 1.29 is 32.6 Å². The molecule has 2 atom stereocenters. The molecule has 4 heterocycles. The lowest BCUT2D eigenvalue weighted by Crippen LogP contribution is -2.55. The molecule has 3 amide bonds. The van der Waals surface area contributed by atoms with Crippen LogP contribution in [0.3, 0.4) is 0 Å². The number of hydrogen-bond donors (Lipinski definition) is 2. The predicted octanol–water partition coefficient (Wildman–Crippen LogP) is 5.97. The summed E-state index contributed by atoms with van der Waals surface area (Å²) in [5.41, 5.74) is 5.79. The number of amides is 3. The molecular weight excluding hydrogens is 669 g/mol. The quantitative estimate of drug-likeness (QED) is 0.376. The van der Waals surface area contributed by atoms with E-state index in [1.165, 1.54) is 24.8 Å². The summed E-state index contributed by atoms with van der Waals surface area (Å²) >= 11 is 0. The maximum atomic E-state index is 14.7. The van der Waals surface area contributed by atoms with Crippen molar-refractivity contribution in [1.29, 1.82) is 0 Å². The van der Waals surface area contributed by atoms with E-state index in [-0.39, 0.29) is 11.8 Å². The second-order valence-electron chi connectivity index (χ2n) is 15.6. The standard InChI is InChI=1S/C39H48N4O7S/c1-23(2)51(48,49)40-36(44)34-29-22-42-30(21-28-31(50-3)14-13-25(35(28)42)24-9-5-4-6-10-24)32-26(33(29)34)11-7-12-27(32)37(45)41-19-16-39(17-20-41)15-8-18-43(39)38(46)47/h7,11,13-14,21,23-24,27,32H,4-6,8-10,12,15-20,22H2,1-3H3,(H,40,44)(H,46,47)/t27-,32?/m1/s1. The first-order valence-electron chi connectivity index (χ1n) is 18.7. The average molecular weight is 717 g/mol. The molecule has 8 rings (SSSR count). The molecule has 3 aliphatic carbocycles. The highest BCUT2D eigenvalue weighted by Gasteiger charge is 2.50. The highest BCUT2D eigenvalue weighted by Crippen LogP contribution is 2.55. The molecule has 2 aromatic rings. The first kappa shape index (κ1) is 34.0. The van der Waals surface area contributed by atoms with Crippen LogP contribution in [0, 0.1) is 5.92 Å². The molecule has 1 spiro atoms. The van der Waals surface area contributed by atoms with Gasteiger partial charge in [0.05, 0.1) is 29.4 Å². The van der Waals surface area contributed by atoms with E-state index in [9.17, 15) is 27.9 Å². The summed E-state index contributed by atoms with van der Waals surface area (Å²) in [6.07, 6.45) is 12.4. The summed E-state index contributed by atoms with van der Waals surface area (Å²) in [7, 11) is -2.18. The van der Waals surface area contributed by atoms with Crippen molar-refractivity contribution in [3.8, 4) is 5.75 Å². The highest BCUT2D eigenvalue weighted by molar-refractivity contribution is 7.90. The number of carboxylic acid groups (broad SMARTS) is 1. The number of fused-ring (bicyclic) bond motifs is 6. The largest absolute Gasteiger partial charge is 0.496 e. The Morgan fingerprint density at radius 2 is 1.76 bits per heavy atom. The molecule has 11 nitrogen and oxygen atoms in total. The number of benzene rings is 1. The fourth-order valence-corrected chi connectivity index (χ4v) is 10.5. The van der Waals surface area contributed by atoms with Crippen molar-refractivity contribution in [3.63, 3.8) is 0 Å². The third-order valence-electron chi connectivity index (χ3n) is 12.7. The number of aromatic nitrogens is 1. The Hall–Kier alpha value is -4.06. The second kappa shape index (κ2) is 12.6. The van der Waals surface area contributed by atoms with Gasteiger partial charge in [0, 0.05) is 48.7 Å². The van der Waals surface area contributed by atoms with Crippen LogP contribution in [-0.2, 0) is 26.2 Å². The number of piperidine rings is 1. The Balaban J connectivity index is 1.23. The van der Waals surface area contributed by atoms with Crippen LogP contribution in [0.2, 0.25) is 0 Å². The number of carbonyl (C=O) groups is 3. The second-order valence-corrected chi connectivity index (χ2v) is 17.9. The molecule has 0 bridgehead atoms. The van der Waals surface area contributed by atoms with Crippen molar-refractivity contribution in [3.05, 3.63) is 63.9 Å². The van der Waals surface area contributed by atoms with E-state index in [0.29, 0.717) is 56.9 Å². The predicted molar refractivity (Wildman–Crippen MR) is 193 cm³/mol. The lowest BCUT2D eigenvalue weighted by molar-refractivity contribution is -0.138. The van der Waals surface area contributed by atoms with Gasteiger partial charge >= 0.3 is 6.09 Å². The summed E-state index contributed by atoms with van der Waals surface area (Å²) in [6.45, 7) is 5.02. The van der Waals surface area contributed by atoms with Crippen LogP contribution in [0.4, 0.5) is 4.79 Å². The monoisotopic (exact) mass is 716 g/mol. The molecule has 1 unspecified atom stereocenters. The molecule has 272 valence electrons. The van der Waals surface area contributed by atoms with Crippen LogP contribution in [0.25, 0.3) is 10.9 Å². The molecule has 1 aromatic heterocycles. The lowest BCUT2D eigenvalue weighted by atomic mass is 9.75. The number of sulfonamides is 1. The van der Waals surface area contributed by atoms with Crippen molar-refractivity contribution in [2.75, 3.05) is 26.7 Å². The van der Waals surface area contributed by atoms with Gasteiger partial charge in [-0.1, -0.05) is 37.5 Å². The molecule has 3 aliphatic heterocycles. The van der Waals surface area contributed by atoms with Crippen LogP contribution in [-0.4, -0.2) is 83.3 Å². The van der Waals surface area contributed by atoms with E-state index in [1.54, 1.807) is 25.9 Å². The van der Waals surface area contributed by atoms with E-state index in [2.05, 4.69) is 27.5 Å². The van der Waals surface area contributed by atoms with Crippen molar-refractivity contribution >= 4 is 38.8 Å². The third kappa shape index (κ3) is 5.50. The van der Waals surface area contributed by atoms with Crippen molar-refractivity contribution in [2.24, 2.45) is 5.92 Å². The SMILES string of the molecule is COc1ccc(C2CCCCC2)c2c1cc1n2CC2=C(C(=O)NS(=O)(=O)C(C)C)C2=C2C=CC[C@@H](C(=O)N3CCC4(CCCN4C(=O)O)CC3)C21. The summed E-state index contributed by atoms with van der Waals surface area (Å²) in [5, 5.41) is 10.1. The number of methoxy groups -OCH3 is 1. The van der Waals surface area contributed by atoms with Gasteiger partial charge in [-0.05, 0) is 99.1 Å². The molecule has 3 fully saturated rings. The van der Waals surface area contributed by atoms with Gasteiger partial charge in [-0.25, -0.2) is 17.9 Å². The first-order chi connectivity index (χ1) is 24.5. The Labute approximate surface area is 299 Å². The molecular formula is C39H48N4O7S. The van der Waals surface area contributed by atoms with Gasteiger partial charge in [0.2, 0.25) is 15.9 Å². The maximum Gasteiger partial charge on any atom is 0.407 e. The fourth-order valence-electron chi connectivity index (χ4n) is 9.94. The normalized spacial score (nSPS) is 24.5. The number of nitrogens with one attached hydrogen (secondary N) is 1. The Morgan fingerprint density at radius 3 is 2.45 bits per heavy atom. The van der Waals surface area contributed by atoms with Gasteiger partial charge < -0.3 is 24.2 Å². The Morgan fingerprint density at radius 1 is 1.02 bits per heavy atom. The van der Waals surface area contributed by atoms with E-state index >= 15 is 0 Å². The third-order valence-corrected chi connectivity index (χ3v) is 14.4. The van der Waals surface area contributed by atoms with Gasteiger partial charge in [0.15, 0.2) is 0 Å². The Bertz CT molecular complexity index is 2030. The molecule has 6 aliphatic rings. The summed E-state index contributed by atoms with van der Waals surface area (Å²) < 4.78 is 36.2. The topological polar surface area (TPSA) is 138 Å². The van der Waals surface area contributed by atoms with E-state index in [1.807, 2.05) is 17.1 Å². The van der Waals surface area contributed by atoms with Gasteiger partial charge in [0.25, 0.3) is 5.91 Å².